The SMILES string of the molecule is CC[C@]1(O)C(=O)OCc2c1cc1n(c2=O)Cc2c-1nc1cc(F)c(C)c3c1c2[C@@H](NC(=O)CCNC(=O)CCNC(=O)[C@H](CCCCNC(=O)CCOCCCNC(=O)CCCOCCCNC(=O)CC[C@H](NC(=O)CCCC(=O)O)C(=O)O)NC(=O)[C@H](C)NC(=O)CCCN1C(=O)C=CC1=O)CC3. The lowest BCUT2D eigenvalue weighted by molar-refractivity contribution is -0.172. The Hall–Kier alpha value is -10.1. The third kappa shape index (κ3) is 23.0. The van der Waals surface area contributed by atoms with Crippen LogP contribution in [-0.4, -0.2) is 196 Å². The largest absolute Gasteiger partial charge is 0.481 e. The van der Waals surface area contributed by atoms with Crippen molar-refractivity contribution in [3.8, 4) is 11.4 Å². The lowest BCUT2D eigenvalue weighted by atomic mass is 9.81. The maximum absolute atomic E-state index is 15.5. The fraction of sp³-hybridized carbons (Fsp3) is 0.571. The molecule has 34 heteroatoms. The van der Waals surface area contributed by atoms with Gasteiger partial charge in [-0.2, -0.15) is 0 Å². The van der Waals surface area contributed by atoms with Crippen LogP contribution in [0.3, 0.4) is 0 Å². The monoisotopic (exact) mass is 1460 g/mol. The molecule has 1 aliphatic carbocycles. The van der Waals surface area contributed by atoms with Crippen LogP contribution in [0, 0.1) is 12.7 Å². The van der Waals surface area contributed by atoms with Crippen molar-refractivity contribution in [1.29, 1.82) is 0 Å². The van der Waals surface area contributed by atoms with Crippen molar-refractivity contribution < 1.29 is 101 Å². The first-order valence-corrected chi connectivity index (χ1v) is 35.2. The van der Waals surface area contributed by atoms with Gasteiger partial charge < -0.3 is 81.9 Å². The number of esters is 1. The molecule has 4 aliphatic rings. The zero-order chi connectivity index (χ0) is 75.6. The summed E-state index contributed by atoms with van der Waals surface area (Å²) >= 11 is 0. The van der Waals surface area contributed by atoms with Gasteiger partial charge in [-0.25, -0.2) is 19.0 Å². The number of aliphatic carboxylic acids is 2. The van der Waals surface area contributed by atoms with E-state index in [9.17, 15) is 82.1 Å². The second-order valence-electron chi connectivity index (χ2n) is 25.8. The van der Waals surface area contributed by atoms with Gasteiger partial charge in [0.05, 0.1) is 41.7 Å². The Morgan fingerprint density at radius 3 is 1.93 bits per heavy atom. The van der Waals surface area contributed by atoms with Gasteiger partial charge in [0.2, 0.25) is 53.2 Å². The standard InChI is InChI=1S/C70H93FN12O21/c1-4-70(101)45-36-51-64-43(38-83(51)67(97)44(45)39-104-69(70)100)63-47(18-17-42-40(2)46(71)37-50(80-64)62(42)63)78-58(90)24-29-75-54(86)23-30-76-66(96)48(81-65(95)41(3)77-56(88)14-8-31-82-59(91)21-22-60(82)92)12-5-6-26-72-55(87)25-35-103-34-11-27-73-52(84)15-9-32-102-33-10-28-74-53(85)20-19-49(68(98)99)79-57(89)13-7-16-61(93)94/h21-22,36-37,41,47-49,101H,4-20,23-35,38-39H2,1-3H3,(H,72,87)(H,73,84)(H,74,85)(H,75,86)(H,76,96)(H,77,88)(H,78,90)(H,79,89)(H,81,95)(H,93,94)(H,98,99)/t41-,47-,48-,49-,70+/m0/s1. The minimum atomic E-state index is -2.07. The Bertz CT molecular complexity index is 3820. The number of carboxylic acids is 2. The zero-order valence-corrected chi connectivity index (χ0v) is 58.7. The van der Waals surface area contributed by atoms with Gasteiger partial charge in [0.25, 0.3) is 17.4 Å². The Morgan fingerprint density at radius 1 is 0.635 bits per heavy atom. The van der Waals surface area contributed by atoms with Gasteiger partial charge in [-0.1, -0.05) is 6.92 Å². The first kappa shape index (κ1) is 81.2. The molecule has 1 aromatic carbocycles. The van der Waals surface area contributed by atoms with E-state index in [0.29, 0.717) is 109 Å². The number of imide groups is 1. The number of aryl methyl sites for hydroxylation is 1. The van der Waals surface area contributed by atoms with Gasteiger partial charge in [0.1, 0.15) is 30.5 Å². The molecule has 0 saturated carbocycles. The fourth-order valence-corrected chi connectivity index (χ4v) is 12.5. The molecule has 0 spiro atoms. The fourth-order valence-electron chi connectivity index (χ4n) is 12.5. The van der Waals surface area contributed by atoms with Gasteiger partial charge >= 0.3 is 17.9 Å². The molecular weight excluding hydrogens is 1360 g/mol. The molecule has 0 bridgehead atoms. The highest BCUT2D eigenvalue weighted by molar-refractivity contribution is 6.13. The lowest BCUT2D eigenvalue weighted by Gasteiger charge is -2.31. The van der Waals surface area contributed by atoms with Crippen LogP contribution >= 0.6 is 0 Å². The van der Waals surface area contributed by atoms with Crippen molar-refractivity contribution >= 4 is 93.8 Å². The number of hydrogen-bond acceptors (Lipinski definition) is 20. The number of carbonyl (C=O) groups is 14. The lowest BCUT2D eigenvalue weighted by Crippen LogP contribution is -2.53. The third-order valence-corrected chi connectivity index (χ3v) is 18.2. The second kappa shape index (κ2) is 39.5. The number of carboxylic acid groups (broad SMARTS) is 2. The number of ether oxygens (including phenoxy) is 3. The quantitative estimate of drug-likeness (QED) is 0.0162. The predicted molar refractivity (Wildman–Crippen MR) is 366 cm³/mol. The van der Waals surface area contributed by atoms with Crippen molar-refractivity contribution in [2.24, 2.45) is 0 Å². The van der Waals surface area contributed by atoms with E-state index in [-0.39, 0.29) is 166 Å². The molecule has 12 N–H and O–H groups in total. The molecule has 2 aromatic heterocycles. The van der Waals surface area contributed by atoms with E-state index in [0.717, 1.165) is 17.1 Å². The van der Waals surface area contributed by atoms with E-state index in [2.05, 4.69) is 47.9 Å². The number of nitrogens with one attached hydrogen (secondary N) is 9. The Kier molecular flexibility index (Phi) is 30.9. The van der Waals surface area contributed by atoms with Crippen molar-refractivity contribution in [1.82, 2.24) is 62.3 Å². The Labute approximate surface area is 598 Å². The smallest absolute Gasteiger partial charge is 0.343 e. The summed E-state index contributed by atoms with van der Waals surface area (Å²) in [6.07, 6.45) is 4.38. The van der Waals surface area contributed by atoms with Gasteiger partial charge in [-0.05, 0) is 114 Å². The molecule has 33 nitrogen and oxygen atoms in total. The van der Waals surface area contributed by atoms with E-state index < -0.39 is 112 Å². The van der Waals surface area contributed by atoms with Crippen molar-refractivity contribution in [3.05, 3.63) is 73.8 Å². The predicted octanol–water partition coefficient (Wildman–Crippen LogP) is 0.445. The van der Waals surface area contributed by atoms with E-state index in [1.54, 1.807) is 19.9 Å². The highest BCUT2D eigenvalue weighted by atomic mass is 19.1. The molecule has 7 rings (SSSR count). The molecule has 0 fully saturated rings. The number of benzene rings is 1. The summed E-state index contributed by atoms with van der Waals surface area (Å²) in [5, 5.41) is 54.3. The van der Waals surface area contributed by atoms with Crippen LogP contribution in [0.5, 0.6) is 0 Å². The number of nitrogens with zero attached hydrogens (tertiary/aromatic N) is 3. The number of cyclic esters (lactones) is 1. The first-order valence-electron chi connectivity index (χ1n) is 35.2. The summed E-state index contributed by atoms with van der Waals surface area (Å²) in [5.74, 6) is -9.10. The van der Waals surface area contributed by atoms with Crippen LogP contribution < -0.4 is 53.4 Å². The topological polar surface area (TPSA) is 474 Å². The summed E-state index contributed by atoms with van der Waals surface area (Å²) in [4.78, 5) is 194. The summed E-state index contributed by atoms with van der Waals surface area (Å²) < 4.78 is 33.3. The van der Waals surface area contributed by atoms with E-state index in [1.807, 2.05) is 0 Å². The van der Waals surface area contributed by atoms with E-state index in [1.165, 1.54) is 17.6 Å². The van der Waals surface area contributed by atoms with Crippen LogP contribution in [-0.2, 0) is 107 Å². The van der Waals surface area contributed by atoms with Crippen LogP contribution in [0.25, 0.3) is 22.3 Å². The highest BCUT2D eigenvalue weighted by Crippen LogP contribution is 2.46. The maximum Gasteiger partial charge on any atom is 0.343 e. The molecule has 3 aromatic rings. The third-order valence-electron chi connectivity index (χ3n) is 18.2. The number of carbonyl (C=O) groups excluding carboxylic acids is 12. The summed E-state index contributed by atoms with van der Waals surface area (Å²) in [5.41, 5.74) is 1.06. The molecule has 11 amide bonds. The number of amides is 11. The highest BCUT2D eigenvalue weighted by Gasteiger charge is 2.46. The second-order valence-corrected chi connectivity index (χ2v) is 25.8. The van der Waals surface area contributed by atoms with Gasteiger partial charge in [0.15, 0.2) is 5.60 Å². The number of halogens is 1. The molecule has 104 heavy (non-hydrogen) atoms. The Balaban J connectivity index is 0.786. The molecule has 566 valence electrons. The van der Waals surface area contributed by atoms with Gasteiger partial charge in [-0.15, -0.1) is 0 Å². The van der Waals surface area contributed by atoms with Crippen LogP contribution in [0.4, 0.5) is 4.39 Å². The number of fused-ring (bicyclic) bond motifs is 5. The Morgan fingerprint density at radius 2 is 1.24 bits per heavy atom. The number of hydrogen-bond donors (Lipinski definition) is 12. The first-order chi connectivity index (χ1) is 49.7. The molecule has 5 atom stereocenters. The van der Waals surface area contributed by atoms with Crippen LogP contribution in [0.15, 0.2) is 29.1 Å². The maximum atomic E-state index is 15.5. The van der Waals surface area contributed by atoms with Crippen molar-refractivity contribution in [2.45, 2.75) is 192 Å². The molecule has 5 heterocycles. The number of rotatable bonds is 45. The van der Waals surface area contributed by atoms with E-state index >= 15 is 4.39 Å². The molecule has 0 radical (unpaired) electrons. The van der Waals surface area contributed by atoms with E-state index in [4.69, 9.17) is 24.3 Å². The average Bonchev–Trinajstić information content (AvgIpc) is 1.48. The van der Waals surface area contributed by atoms with Crippen molar-refractivity contribution in [3.63, 3.8) is 0 Å². The van der Waals surface area contributed by atoms with Crippen molar-refractivity contribution in [2.75, 3.05) is 65.7 Å². The summed E-state index contributed by atoms with van der Waals surface area (Å²) in [6, 6.07) is -1.32. The molecule has 3 aliphatic heterocycles. The van der Waals surface area contributed by atoms with Gasteiger partial charge in [-0.3, -0.25) is 67.2 Å². The van der Waals surface area contributed by atoms with Gasteiger partial charge in [0, 0.05) is 145 Å². The van der Waals surface area contributed by atoms with Crippen LogP contribution in [0.1, 0.15) is 175 Å². The number of pyridine rings is 2. The average molecular weight is 1460 g/mol. The number of aromatic nitrogens is 2. The van der Waals surface area contributed by atoms with Crippen LogP contribution in [0.2, 0.25) is 0 Å². The normalized spacial score (nSPS) is 16.2. The number of aliphatic hydroxyl groups is 1. The summed E-state index contributed by atoms with van der Waals surface area (Å²) in [6.45, 7) is 5.89. The molecule has 0 saturated heterocycles. The summed E-state index contributed by atoms with van der Waals surface area (Å²) in [7, 11) is 0. The molecular formula is C70H93FN12O21. The zero-order valence-electron chi connectivity index (χ0n) is 58.7. The number of unbranched alkanes of at least 4 members (excludes halogenated alkanes) is 1. The minimum absolute atomic E-state index is 0.00896. The molecule has 0 unspecified atom stereocenters. The minimum Gasteiger partial charge on any atom is -0.481 e.